The third-order valence-corrected chi connectivity index (χ3v) is 4.00. The molecule has 0 aliphatic rings. The summed E-state index contributed by atoms with van der Waals surface area (Å²) in [6, 6.07) is 6.49. The number of carboxylic acids is 2. The first-order valence-corrected chi connectivity index (χ1v) is 8.81. The molecule has 0 atom stereocenters. The number of rotatable bonds is 7. The number of carboxylic acid groups (broad SMARTS) is 2. The summed E-state index contributed by atoms with van der Waals surface area (Å²) in [5, 5.41) is 42.6. The van der Waals surface area contributed by atoms with Crippen molar-refractivity contribution in [3.05, 3.63) is 58.7 Å². The van der Waals surface area contributed by atoms with Gasteiger partial charge < -0.3 is 19.9 Å². The van der Waals surface area contributed by atoms with E-state index in [9.17, 15) is 22.6 Å². The Balaban J connectivity index is 0.000000553. The molecule has 0 aromatic heterocycles. The quantitative estimate of drug-likeness (QED) is 0.138. The van der Waals surface area contributed by atoms with Crippen molar-refractivity contribution in [2.24, 2.45) is 0 Å². The van der Waals surface area contributed by atoms with E-state index in [1.54, 1.807) is 0 Å². The Hall–Kier alpha value is -2.07. The first-order valence-electron chi connectivity index (χ1n) is 7.40. The van der Waals surface area contributed by atoms with E-state index in [0.717, 1.165) is 24.3 Å². The molecule has 0 fully saturated rings. The summed E-state index contributed by atoms with van der Waals surface area (Å²) in [5.74, 6) is -2.70. The van der Waals surface area contributed by atoms with Crippen LogP contribution in [0.5, 0.6) is 5.75 Å². The Morgan fingerprint density at radius 3 is 1.67 bits per heavy atom. The van der Waals surface area contributed by atoms with Gasteiger partial charge in [-0.2, -0.15) is 0 Å². The molecular weight excluding hydrogens is 439 g/mol. The third-order valence-electron chi connectivity index (χ3n) is 3.19. The fraction of sp³-hybridized carbons (Fsp3) is 0.125. The van der Waals surface area contributed by atoms with Gasteiger partial charge in [0.1, 0.15) is 29.1 Å². The third kappa shape index (κ3) is 9.17. The fourth-order valence-corrected chi connectivity index (χ4v) is 2.61. The van der Waals surface area contributed by atoms with Crippen LogP contribution in [-0.4, -0.2) is 50.7 Å². The maximum atomic E-state index is 10.7. The van der Waals surface area contributed by atoms with Crippen molar-refractivity contribution < 1.29 is 87.7 Å². The summed E-state index contributed by atoms with van der Waals surface area (Å²) in [7, 11) is -4.75. The molecule has 12 nitrogen and oxygen atoms in total. The van der Waals surface area contributed by atoms with Gasteiger partial charge in [-0.15, -0.1) is 0 Å². The van der Waals surface area contributed by atoms with Crippen molar-refractivity contribution in [2.75, 3.05) is 0 Å². The van der Waals surface area contributed by atoms with Crippen LogP contribution < -0.4 is 29.6 Å². The molecule has 0 bridgehead atoms. The molecule has 0 unspecified atom stereocenters. The molecule has 0 aliphatic heterocycles. The molecule has 30 heavy (non-hydrogen) atoms. The van der Waals surface area contributed by atoms with Gasteiger partial charge in [-0.1, -0.05) is 0 Å². The second-order valence-corrected chi connectivity index (χ2v) is 6.74. The van der Waals surface area contributed by atoms with Gasteiger partial charge in [-0.05, 0) is 47.5 Å². The van der Waals surface area contributed by atoms with E-state index >= 15 is 0 Å². The van der Waals surface area contributed by atoms with Crippen molar-refractivity contribution in [2.45, 2.75) is 18.1 Å². The zero-order valence-electron chi connectivity index (χ0n) is 15.4. The molecule has 0 heterocycles. The minimum absolute atomic E-state index is 0. The van der Waals surface area contributed by atoms with Crippen molar-refractivity contribution in [3.63, 3.8) is 0 Å². The zero-order valence-corrected chi connectivity index (χ0v) is 18.2. The van der Waals surface area contributed by atoms with Crippen LogP contribution in [0, 0.1) is 0 Å². The van der Waals surface area contributed by atoms with E-state index < -0.39 is 33.6 Å². The van der Waals surface area contributed by atoms with Crippen LogP contribution in [0.25, 0.3) is 0 Å². The Bertz CT molecular complexity index is 990. The van der Waals surface area contributed by atoms with Crippen LogP contribution in [0.1, 0.15) is 31.8 Å². The predicted octanol–water partition coefficient (Wildman–Crippen LogP) is -1.64. The maximum Gasteiger partial charge on any atom is 1.00 e. The van der Waals surface area contributed by atoms with Crippen LogP contribution in [0.15, 0.2) is 41.3 Å². The summed E-state index contributed by atoms with van der Waals surface area (Å²) in [6.07, 6.45) is 0. The van der Waals surface area contributed by atoms with Gasteiger partial charge >= 0.3 is 41.5 Å². The molecule has 0 aliphatic carbocycles. The molecule has 2 aromatic carbocycles. The van der Waals surface area contributed by atoms with E-state index in [2.05, 4.69) is 9.78 Å². The Morgan fingerprint density at radius 1 is 0.833 bits per heavy atom. The van der Waals surface area contributed by atoms with Gasteiger partial charge in [-0.3, -0.25) is 10.5 Å². The number of benzene rings is 2. The Morgan fingerprint density at radius 2 is 1.27 bits per heavy atom. The minimum Gasteiger partial charge on any atom is -0.744 e. The summed E-state index contributed by atoms with van der Waals surface area (Å²) >= 11 is 0. The molecule has 0 saturated heterocycles. The summed E-state index contributed by atoms with van der Waals surface area (Å²) in [6.45, 7) is -0.571. The molecule has 158 valence electrons. The van der Waals surface area contributed by atoms with Gasteiger partial charge in [0.25, 0.3) is 0 Å². The SMILES string of the molecule is O=C(O)c1cc(COO)cc(S(=O)(=O)[O-])c1.O=C(O)c1cc(O)cc(COO)c1.[Na+]. The smallest absolute Gasteiger partial charge is 0.744 e. The first-order chi connectivity index (χ1) is 13.5. The molecule has 2 rings (SSSR count). The average molecular weight is 454 g/mol. The van der Waals surface area contributed by atoms with E-state index in [0.29, 0.717) is 5.56 Å². The molecule has 0 radical (unpaired) electrons. The van der Waals surface area contributed by atoms with Gasteiger partial charge in [0.05, 0.1) is 16.0 Å². The van der Waals surface area contributed by atoms with Crippen molar-refractivity contribution in [3.8, 4) is 5.75 Å². The zero-order chi connectivity index (χ0) is 22.2. The van der Waals surface area contributed by atoms with Crippen molar-refractivity contribution >= 4 is 22.1 Å². The van der Waals surface area contributed by atoms with Gasteiger partial charge in [0, 0.05) is 0 Å². The van der Waals surface area contributed by atoms with Gasteiger partial charge in [0.2, 0.25) is 0 Å². The molecule has 0 saturated carbocycles. The van der Waals surface area contributed by atoms with Crippen molar-refractivity contribution in [1.29, 1.82) is 0 Å². The van der Waals surface area contributed by atoms with Crippen molar-refractivity contribution in [1.82, 2.24) is 0 Å². The second-order valence-electron chi connectivity index (χ2n) is 5.37. The minimum atomic E-state index is -4.75. The number of aromatic hydroxyl groups is 1. The maximum absolute atomic E-state index is 10.7. The number of hydrogen-bond acceptors (Lipinski definition) is 10. The van der Waals surface area contributed by atoms with E-state index in [-0.39, 0.29) is 58.6 Å². The monoisotopic (exact) mass is 454 g/mol. The number of phenols is 1. The Kier molecular flexibility index (Phi) is 11.7. The van der Waals surface area contributed by atoms with E-state index in [1.807, 2.05) is 0 Å². The number of hydrogen-bond donors (Lipinski definition) is 5. The molecule has 2 aromatic rings. The van der Waals surface area contributed by atoms with Crippen LogP contribution in [-0.2, 0) is 33.1 Å². The molecule has 14 heteroatoms. The summed E-state index contributed by atoms with van der Waals surface area (Å²) in [5.41, 5.74) is 0.0350. The van der Waals surface area contributed by atoms with Crippen LogP contribution in [0.4, 0.5) is 0 Å². The van der Waals surface area contributed by atoms with Gasteiger partial charge in [0.15, 0.2) is 0 Å². The molecule has 5 N–H and O–H groups in total. The normalized spacial score (nSPS) is 10.4. The molecular formula is C16H15NaO12S. The molecule has 0 amide bonds. The van der Waals surface area contributed by atoms with E-state index in [1.165, 1.54) is 12.1 Å². The predicted molar refractivity (Wildman–Crippen MR) is 91.3 cm³/mol. The summed E-state index contributed by atoms with van der Waals surface area (Å²) in [4.78, 5) is 28.0. The van der Waals surface area contributed by atoms with Crippen LogP contribution >= 0.6 is 0 Å². The van der Waals surface area contributed by atoms with Crippen LogP contribution in [0.3, 0.4) is 0 Å². The topological polar surface area (TPSA) is 211 Å². The fourth-order valence-electron chi connectivity index (χ4n) is 2.04. The Labute approximate surface area is 191 Å². The average Bonchev–Trinajstić information content (AvgIpc) is 2.61. The largest absolute Gasteiger partial charge is 1.00 e. The summed E-state index contributed by atoms with van der Waals surface area (Å²) < 4.78 is 32.1. The number of carbonyl (C=O) groups is 2. The number of phenolic OH excluding ortho intramolecular Hbond substituents is 1. The van der Waals surface area contributed by atoms with Crippen LogP contribution in [0.2, 0.25) is 0 Å². The van der Waals surface area contributed by atoms with Gasteiger partial charge in [-0.25, -0.2) is 27.8 Å². The standard InChI is InChI=1S/C8H8O7S.C8H8O5.Na/c9-8(10)6-1-5(4-15-11)2-7(3-6)16(12,13)14;9-7-2-5(4-13-12)1-6(3-7)8(10)11;/h1-3,11H,4H2,(H,9,10)(H,12,13,14);1-3,9,12H,4H2,(H,10,11);/q;;+1/p-1. The molecule has 0 spiro atoms. The van der Waals surface area contributed by atoms with E-state index in [4.69, 9.17) is 25.8 Å². The number of aromatic carboxylic acids is 2. The first kappa shape index (κ1) is 27.9. The second kappa shape index (κ2) is 12.6.